The van der Waals surface area contributed by atoms with Crippen molar-refractivity contribution in [2.24, 2.45) is 11.8 Å². The number of hydrogen-bond donors (Lipinski definition) is 1. The second kappa shape index (κ2) is 14.6. The van der Waals surface area contributed by atoms with Gasteiger partial charge in [-0.15, -0.1) is 23.5 Å². The summed E-state index contributed by atoms with van der Waals surface area (Å²) in [4.78, 5) is 63.5. The number of ether oxygens (including phenoxy) is 1. The molecule has 53 heavy (non-hydrogen) atoms. The first kappa shape index (κ1) is 37.3. The number of hydrogen-bond acceptors (Lipinski definition) is 9. The zero-order valence-corrected chi connectivity index (χ0v) is 31.5. The number of fused-ring (bicyclic) bond motifs is 3. The molecule has 0 aliphatic carbocycles. The molecule has 2 unspecified atom stereocenters. The summed E-state index contributed by atoms with van der Waals surface area (Å²) in [7, 11) is 1.16. The number of nitro benzene ring substituents is 1. The van der Waals surface area contributed by atoms with Gasteiger partial charge in [-0.2, -0.15) is 0 Å². The van der Waals surface area contributed by atoms with E-state index in [0.29, 0.717) is 43.1 Å². The molecule has 0 spiro atoms. The van der Waals surface area contributed by atoms with Gasteiger partial charge < -0.3 is 10.1 Å². The highest BCUT2D eigenvalue weighted by atomic mass is 35.5. The minimum absolute atomic E-state index is 0.0251. The highest BCUT2D eigenvalue weighted by molar-refractivity contribution is 8.01. The number of nitrogens with zero attached hydrogens (tertiary/aromatic N) is 5. The molecule has 3 aliphatic heterocycles. The third-order valence-electron chi connectivity index (χ3n) is 9.93. The molecule has 7 rings (SSSR count). The van der Waals surface area contributed by atoms with E-state index in [1.54, 1.807) is 4.68 Å². The van der Waals surface area contributed by atoms with Crippen molar-refractivity contribution in [1.29, 1.82) is 0 Å². The Hall–Kier alpha value is -4.06. The molecule has 0 bridgehead atoms. The van der Waals surface area contributed by atoms with Crippen molar-refractivity contribution in [3.8, 4) is 22.3 Å². The van der Waals surface area contributed by atoms with Crippen LogP contribution in [0, 0.1) is 33.6 Å². The number of nitrogens with one attached hydrogen (secondary N) is 1. The van der Waals surface area contributed by atoms with Crippen molar-refractivity contribution in [1.82, 2.24) is 18.7 Å². The van der Waals surface area contributed by atoms with Crippen molar-refractivity contribution < 1.29 is 28.0 Å². The number of esters is 1. The van der Waals surface area contributed by atoms with Crippen LogP contribution in [0.25, 0.3) is 22.3 Å². The normalized spacial score (nSPS) is 18.5. The number of carbonyl (C=O) groups excluding carboxylic acids is 2. The van der Waals surface area contributed by atoms with E-state index in [9.17, 15) is 29.3 Å². The van der Waals surface area contributed by atoms with Gasteiger partial charge in [0, 0.05) is 48.3 Å². The Labute approximate surface area is 318 Å². The molecular weight excluding hydrogens is 777 g/mol. The predicted molar refractivity (Wildman–Crippen MR) is 197 cm³/mol. The highest BCUT2D eigenvalue weighted by Crippen LogP contribution is 2.44. The molecule has 0 radical (unpaired) electrons. The number of carbonyl (C=O) groups is 2. The van der Waals surface area contributed by atoms with Gasteiger partial charge in [-0.05, 0) is 55.7 Å². The van der Waals surface area contributed by atoms with E-state index in [4.69, 9.17) is 23.2 Å². The quantitative estimate of drug-likeness (QED) is 0.0847. The maximum atomic E-state index is 15.6. The lowest BCUT2D eigenvalue weighted by atomic mass is 9.89. The average Bonchev–Trinajstić information content (AvgIpc) is 3.53. The maximum Gasteiger partial charge on any atom is 0.315 e. The van der Waals surface area contributed by atoms with Crippen molar-refractivity contribution in [2.45, 2.75) is 73.8 Å². The van der Waals surface area contributed by atoms with E-state index >= 15 is 8.78 Å². The van der Waals surface area contributed by atoms with E-state index in [0.717, 1.165) is 43.8 Å². The van der Waals surface area contributed by atoms with Crippen molar-refractivity contribution in [3.05, 3.63) is 77.0 Å². The molecule has 2 aromatic heterocycles. The first-order valence-electron chi connectivity index (χ1n) is 16.8. The highest BCUT2D eigenvalue weighted by Gasteiger charge is 2.36. The van der Waals surface area contributed by atoms with Crippen LogP contribution in [0.1, 0.15) is 32.6 Å². The lowest BCUT2D eigenvalue weighted by Gasteiger charge is -2.32. The lowest BCUT2D eigenvalue weighted by molar-refractivity contribution is -0.387. The van der Waals surface area contributed by atoms with Crippen LogP contribution < -0.4 is 16.4 Å². The van der Waals surface area contributed by atoms with Crippen molar-refractivity contribution >= 4 is 70.0 Å². The second-order valence-electron chi connectivity index (χ2n) is 13.2. The average molecular weight is 810 g/mol. The van der Waals surface area contributed by atoms with E-state index in [-0.39, 0.29) is 73.1 Å². The molecule has 1 amide bonds. The minimum Gasteiger partial charge on any atom is -0.468 e. The molecule has 0 saturated heterocycles. The van der Waals surface area contributed by atoms with Gasteiger partial charge in [0.1, 0.15) is 21.9 Å². The van der Waals surface area contributed by atoms with Gasteiger partial charge in [0.2, 0.25) is 5.91 Å². The van der Waals surface area contributed by atoms with Gasteiger partial charge in [-0.1, -0.05) is 30.1 Å². The molecule has 0 fully saturated rings. The number of halogens is 4. The zero-order valence-electron chi connectivity index (χ0n) is 28.3. The molecule has 4 aromatic rings. The maximum absolute atomic E-state index is 15.6. The third kappa shape index (κ3) is 6.69. The molecule has 0 saturated carbocycles. The van der Waals surface area contributed by atoms with Crippen molar-refractivity contribution in [3.63, 3.8) is 0 Å². The smallest absolute Gasteiger partial charge is 0.315 e. The third-order valence-corrected chi connectivity index (χ3v) is 13.2. The Balaban J connectivity index is 1.09. The van der Waals surface area contributed by atoms with E-state index in [1.165, 1.54) is 37.9 Å². The fourth-order valence-corrected chi connectivity index (χ4v) is 10.1. The Bertz CT molecular complexity index is 2320. The summed E-state index contributed by atoms with van der Waals surface area (Å²) in [6, 6.07) is 4.63. The van der Waals surface area contributed by atoms with Gasteiger partial charge in [0.15, 0.2) is 0 Å². The fraction of sp³-hybridized carbons (Fsp3) is 0.412. The summed E-state index contributed by atoms with van der Waals surface area (Å²) < 4.78 is 41.8. The first-order chi connectivity index (χ1) is 25.3. The Kier molecular flexibility index (Phi) is 10.3. The topological polar surface area (TPSA) is 152 Å². The molecular formula is C34H32Cl2F2N6O7S2. The predicted octanol–water partition coefficient (Wildman–Crippen LogP) is 6.66. The summed E-state index contributed by atoms with van der Waals surface area (Å²) in [5.41, 5.74) is -1.56. The van der Waals surface area contributed by atoms with Crippen LogP contribution in [-0.2, 0) is 40.5 Å². The minimum atomic E-state index is -0.914. The van der Waals surface area contributed by atoms with Gasteiger partial charge in [0.05, 0.1) is 44.7 Å². The van der Waals surface area contributed by atoms with Crippen LogP contribution in [0.15, 0.2) is 43.6 Å². The van der Waals surface area contributed by atoms with Crippen LogP contribution in [0.4, 0.5) is 20.2 Å². The molecule has 3 atom stereocenters. The number of thioether (sulfide) groups is 2. The summed E-state index contributed by atoms with van der Waals surface area (Å²) >= 11 is 15.1. The Morgan fingerprint density at radius 1 is 1.00 bits per heavy atom. The number of aromatic nitrogens is 4. The number of rotatable bonds is 9. The SMILES string of the molecule is COC(=O)CSc1cc(F)c(-c2c(Cl)n3n(c2=O)CC(C[C@H](C)C2Sc4cc(F)c(-c5c(Cl)n6n(c5=O)CCCC6)cc4NC2=O)CC3)cc1[N+](=O)[O-]. The first-order valence-corrected chi connectivity index (χ1v) is 19.4. The number of nitro groups is 1. The Morgan fingerprint density at radius 2 is 1.62 bits per heavy atom. The van der Waals surface area contributed by atoms with Gasteiger partial charge >= 0.3 is 5.97 Å². The Morgan fingerprint density at radius 3 is 2.28 bits per heavy atom. The number of amides is 1. The molecule has 5 heterocycles. The lowest BCUT2D eigenvalue weighted by Crippen LogP contribution is -2.37. The van der Waals surface area contributed by atoms with Crippen molar-refractivity contribution in [2.75, 3.05) is 18.2 Å². The largest absolute Gasteiger partial charge is 0.468 e. The van der Waals surface area contributed by atoms with E-state index < -0.39 is 39.0 Å². The van der Waals surface area contributed by atoms with Crippen LogP contribution in [0.3, 0.4) is 0 Å². The van der Waals surface area contributed by atoms with E-state index in [2.05, 4.69) is 10.1 Å². The molecule has 3 aliphatic rings. The summed E-state index contributed by atoms with van der Waals surface area (Å²) in [6.45, 7) is 3.45. The molecule has 19 heteroatoms. The van der Waals surface area contributed by atoms with Crippen LogP contribution >= 0.6 is 46.7 Å². The number of anilines is 1. The van der Waals surface area contributed by atoms with Gasteiger partial charge in [-0.3, -0.25) is 38.7 Å². The second-order valence-corrected chi connectivity index (χ2v) is 16.2. The standard InChI is InChI=1S/C34H32Cl2F2N6O7S2/c1-16(29-32(46)39-22-10-18(20(37)12-24(22)53-29)27-30(35)40-6-3-4-7-42(40)33(27)47)9-17-5-8-41-31(36)28(34(48)43(41)14-17)19-11-23(44(49)50)25(13-21(19)38)52-15-26(45)51-2/h10-13,16-17,29H,3-9,14-15H2,1-2H3,(H,39,46)/t16-,17?,29?/m0/s1. The van der Waals surface area contributed by atoms with Crippen LogP contribution in [-0.4, -0.2) is 53.6 Å². The van der Waals surface area contributed by atoms with Crippen LogP contribution in [0.2, 0.25) is 10.3 Å². The van der Waals surface area contributed by atoms with Gasteiger partial charge in [0.25, 0.3) is 16.8 Å². The molecule has 13 nitrogen and oxygen atoms in total. The molecule has 280 valence electrons. The van der Waals surface area contributed by atoms with Gasteiger partial charge in [-0.25, -0.2) is 18.1 Å². The summed E-state index contributed by atoms with van der Waals surface area (Å²) in [6.07, 6.45) is 2.77. The number of benzene rings is 2. The van der Waals surface area contributed by atoms with E-state index in [1.807, 2.05) is 6.92 Å². The summed E-state index contributed by atoms with van der Waals surface area (Å²) in [5, 5.41) is 14.3. The zero-order chi connectivity index (χ0) is 37.9. The summed E-state index contributed by atoms with van der Waals surface area (Å²) in [5.74, 6) is -3.06. The molecule has 2 aromatic carbocycles. The monoisotopic (exact) mass is 808 g/mol. The van der Waals surface area contributed by atoms with Crippen LogP contribution in [0.5, 0.6) is 0 Å². The number of methoxy groups -OCH3 is 1. The molecule has 1 N–H and O–H groups in total. The fourth-order valence-electron chi connectivity index (χ4n) is 7.32.